The Morgan fingerprint density at radius 1 is 1.50 bits per heavy atom. The minimum absolute atomic E-state index is 0.440. The summed E-state index contributed by atoms with van der Waals surface area (Å²) in [7, 11) is 0. The molecule has 0 aromatic carbocycles. The first kappa shape index (κ1) is 7.46. The Morgan fingerprint density at radius 3 is 2.83 bits per heavy atom. The highest BCUT2D eigenvalue weighted by atomic mass is 16.4. The number of hydrogen-bond donors (Lipinski definition) is 2. The number of nitrogen functional groups attached to an aromatic ring is 1. The Labute approximate surface area is 71.2 Å². The van der Waals surface area contributed by atoms with Crippen LogP contribution in [0.4, 0.5) is 11.8 Å². The van der Waals surface area contributed by atoms with Gasteiger partial charge >= 0.3 is 0 Å². The molecule has 66 valence electrons. The molecule has 1 saturated carbocycles. The summed E-state index contributed by atoms with van der Waals surface area (Å²) in [6.45, 7) is 0. The molecule has 1 fully saturated rings. The highest BCUT2D eigenvalue weighted by molar-refractivity contribution is 5.33. The normalized spacial score (nSPS) is 18.3. The third kappa shape index (κ3) is 1.52. The zero-order valence-corrected chi connectivity index (χ0v) is 6.92. The summed E-state index contributed by atoms with van der Waals surface area (Å²) < 4.78 is 5.08. The van der Waals surface area contributed by atoms with Gasteiger partial charge in [0.25, 0.3) is 6.01 Å². The maximum absolute atomic E-state index is 5.41. The van der Waals surface area contributed by atoms with Gasteiger partial charge < -0.3 is 15.5 Å². The van der Waals surface area contributed by atoms with Gasteiger partial charge in [0.2, 0.25) is 0 Å². The van der Waals surface area contributed by atoms with Crippen LogP contribution >= 0.6 is 0 Å². The van der Waals surface area contributed by atoms with E-state index in [0.29, 0.717) is 17.9 Å². The fourth-order valence-corrected chi connectivity index (χ4v) is 1.60. The Kier molecular flexibility index (Phi) is 1.89. The lowest BCUT2D eigenvalue weighted by Crippen LogP contribution is -2.14. The first-order chi connectivity index (χ1) is 5.84. The predicted molar refractivity (Wildman–Crippen MR) is 46.8 cm³/mol. The molecular weight excluding hydrogens is 154 g/mol. The van der Waals surface area contributed by atoms with Crippen LogP contribution in [0.25, 0.3) is 0 Å². The average molecular weight is 167 g/mol. The van der Waals surface area contributed by atoms with E-state index in [1.165, 1.54) is 31.9 Å². The minimum Gasteiger partial charge on any atom is -0.430 e. The van der Waals surface area contributed by atoms with E-state index in [1.54, 1.807) is 0 Å². The van der Waals surface area contributed by atoms with Crippen LogP contribution in [0.3, 0.4) is 0 Å². The molecule has 1 aromatic rings. The molecule has 2 rings (SSSR count). The summed E-state index contributed by atoms with van der Waals surface area (Å²) in [4.78, 5) is 3.97. The molecule has 0 bridgehead atoms. The first-order valence-electron chi connectivity index (χ1n) is 4.32. The number of oxazole rings is 1. The van der Waals surface area contributed by atoms with E-state index < -0.39 is 0 Å². The second-order valence-corrected chi connectivity index (χ2v) is 3.20. The molecule has 0 atom stereocenters. The largest absolute Gasteiger partial charge is 0.430 e. The van der Waals surface area contributed by atoms with Gasteiger partial charge in [-0.2, -0.15) is 4.98 Å². The molecule has 0 aliphatic heterocycles. The second kappa shape index (κ2) is 3.05. The van der Waals surface area contributed by atoms with Crippen molar-refractivity contribution < 1.29 is 4.42 Å². The zero-order valence-electron chi connectivity index (χ0n) is 6.92. The van der Waals surface area contributed by atoms with Gasteiger partial charge in [-0.05, 0) is 12.8 Å². The van der Waals surface area contributed by atoms with Crippen molar-refractivity contribution in [1.82, 2.24) is 4.98 Å². The molecule has 0 radical (unpaired) electrons. The minimum atomic E-state index is 0.440. The van der Waals surface area contributed by atoms with Crippen LogP contribution in [0.5, 0.6) is 0 Å². The molecule has 1 heterocycles. The van der Waals surface area contributed by atoms with Crippen LogP contribution in [0.15, 0.2) is 10.7 Å². The van der Waals surface area contributed by atoms with Gasteiger partial charge in [-0.1, -0.05) is 12.8 Å². The highest BCUT2D eigenvalue weighted by Crippen LogP contribution is 2.21. The molecule has 4 heteroatoms. The van der Waals surface area contributed by atoms with Crippen LogP contribution in [0.1, 0.15) is 25.7 Å². The van der Waals surface area contributed by atoms with Crippen molar-refractivity contribution in [1.29, 1.82) is 0 Å². The van der Waals surface area contributed by atoms with E-state index in [0.717, 1.165) is 0 Å². The lowest BCUT2D eigenvalue weighted by Gasteiger charge is -2.07. The summed E-state index contributed by atoms with van der Waals surface area (Å²) in [5.41, 5.74) is 5.41. The lowest BCUT2D eigenvalue weighted by atomic mass is 10.3. The van der Waals surface area contributed by atoms with E-state index in [4.69, 9.17) is 10.2 Å². The van der Waals surface area contributed by atoms with Gasteiger partial charge in [0.05, 0.1) is 0 Å². The first-order valence-corrected chi connectivity index (χ1v) is 4.32. The van der Waals surface area contributed by atoms with E-state index in [9.17, 15) is 0 Å². The predicted octanol–water partition coefficient (Wildman–Crippen LogP) is 1.61. The van der Waals surface area contributed by atoms with Crippen LogP contribution in [-0.2, 0) is 0 Å². The molecule has 0 unspecified atom stereocenters. The van der Waals surface area contributed by atoms with Gasteiger partial charge in [-0.3, -0.25) is 0 Å². The fourth-order valence-electron chi connectivity index (χ4n) is 1.60. The number of anilines is 2. The lowest BCUT2D eigenvalue weighted by molar-refractivity contribution is 0.557. The highest BCUT2D eigenvalue weighted by Gasteiger charge is 2.16. The molecule has 4 nitrogen and oxygen atoms in total. The number of nitrogens with two attached hydrogens (primary N) is 1. The van der Waals surface area contributed by atoms with Crippen LogP contribution in [0.2, 0.25) is 0 Å². The third-order valence-corrected chi connectivity index (χ3v) is 2.20. The summed E-state index contributed by atoms with van der Waals surface area (Å²) >= 11 is 0. The van der Waals surface area contributed by atoms with Crippen LogP contribution in [-0.4, -0.2) is 11.0 Å². The van der Waals surface area contributed by atoms with Gasteiger partial charge in [0.1, 0.15) is 6.26 Å². The Hall–Kier alpha value is -1.19. The SMILES string of the molecule is Nc1coc(NC2CCCC2)n1. The summed E-state index contributed by atoms with van der Waals surface area (Å²) in [6, 6.07) is 1.09. The molecular formula is C8H13N3O. The summed E-state index contributed by atoms with van der Waals surface area (Å²) in [5, 5.41) is 3.20. The van der Waals surface area contributed by atoms with E-state index in [-0.39, 0.29) is 0 Å². The average Bonchev–Trinajstić information content (AvgIpc) is 2.63. The number of rotatable bonds is 2. The molecule has 0 spiro atoms. The van der Waals surface area contributed by atoms with Gasteiger partial charge in [0.15, 0.2) is 5.82 Å². The number of hydrogen-bond acceptors (Lipinski definition) is 4. The van der Waals surface area contributed by atoms with Crippen molar-refractivity contribution in [3.05, 3.63) is 6.26 Å². The standard InChI is InChI=1S/C8H13N3O/c9-7-5-12-8(11-7)10-6-3-1-2-4-6/h5-6H,1-4,9H2,(H,10,11). The Morgan fingerprint density at radius 2 is 2.25 bits per heavy atom. The van der Waals surface area contributed by atoms with Crippen molar-refractivity contribution in [3.63, 3.8) is 0 Å². The zero-order chi connectivity index (χ0) is 8.39. The molecule has 12 heavy (non-hydrogen) atoms. The quantitative estimate of drug-likeness (QED) is 0.702. The smallest absolute Gasteiger partial charge is 0.296 e. The second-order valence-electron chi connectivity index (χ2n) is 3.20. The fraction of sp³-hybridized carbons (Fsp3) is 0.625. The van der Waals surface area contributed by atoms with Gasteiger partial charge in [-0.25, -0.2) is 0 Å². The van der Waals surface area contributed by atoms with Gasteiger partial charge in [-0.15, -0.1) is 0 Å². The molecule has 0 amide bonds. The molecule has 1 aromatic heterocycles. The molecule has 1 aliphatic carbocycles. The number of aromatic nitrogens is 1. The summed E-state index contributed by atoms with van der Waals surface area (Å²) in [6.07, 6.45) is 6.48. The summed E-state index contributed by atoms with van der Waals surface area (Å²) in [5.74, 6) is 0.440. The Balaban J connectivity index is 1.94. The van der Waals surface area contributed by atoms with Gasteiger partial charge in [0, 0.05) is 6.04 Å². The van der Waals surface area contributed by atoms with Crippen molar-refractivity contribution in [2.45, 2.75) is 31.7 Å². The van der Waals surface area contributed by atoms with E-state index >= 15 is 0 Å². The number of nitrogens with zero attached hydrogens (tertiary/aromatic N) is 1. The number of nitrogens with one attached hydrogen (secondary N) is 1. The third-order valence-electron chi connectivity index (χ3n) is 2.20. The van der Waals surface area contributed by atoms with Crippen molar-refractivity contribution in [2.24, 2.45) is 0 Å². The Bertz CT molecular complexity index is 253. The molecule has 3 N–H and O–H groups in total. The van der Waals surface area contributed by atoms with Crippen LogP contribution in [0, 0.1) is 0 Å². The van der Waals surface area contributed by atoms with E-state index in [2.05, 4.69) is 10.3 Å². The molecule has 1 aliphatic rings. The monoisotopic (exact) mass is 167 g/mol. The topological polar surface area (TPSA) is 64.1 Å². The van der Waals surface area contributed by atoms with Crippen molar-refractivity contribution in [3.8, 4) is 0 Å². The maximum Gasteiger partial charge on any atom is 0.296 e. The maximum atomic E-state index is 5.41. The molecule has 0 saturated heterocycles. The van der Waals surface area contributed by atoms with E-state index in [1.807, 2.05) is 0 Å². The van der Waals surface area contributed by atoms with Crippen molar-refractivity contribution in [2.75, 3.05) is 11.1 Å². The van der Waals surface area contributed by atoms with Crippen molar-refractivity contribution >= 4 is 11.8 Å². The van der Waals surface area contributed by atoms with Crippen LogP contribution < -0.4 is 11.1 Å².